The molecule has 1 aromatic rings. The molecule has 0 aliphatic rings. The molecule has 2 unspecified atom stereocenters. The molecule has 2 nitrogen and oxygen atoms in total. The molecule has 2 N–H and O–H groups in total. The molecule has 0 aliphatic heterocycles. The van der Waals surface area contributed by atoms with Crippen molar-refractivity contribution >= 4 is 5.69 Å². The van der Waals surface area contributed by atoms with Crippen molar-refractivity contribution < 1.29 is 4.74 Å². The van der Waals surface area contributed by atoms with Crippen molar-refractivity contribution in [1.82, 2.24) is 0 Å². The lowest BCUT2D eigenvalue weighted by Gasteiger charge is -2.21. The average Bonchev–Trinajstić information content (AvgIpc) is 2.16. The van der Waals surface area contributed by atoms with Crippen LogP contribution in [0, 0.1) is 5.92 Å². The van der Waals surface area contributed by atoms with E-state index in [0.717, 1.165) is 12.1 Å². The van der Waals surface area contributed by atoms with E-state index in [0.29, 0.717) is 12.0 Å². The first-order valence-corrected chi connectivity index (χ1v) is 6.00. The largest absolute Gasteiger partial charge is 0.399 e. The molecule has 0 heterocycles. The fraction of sp³-hybridized carbons (Fsp3) is 0.571. The van der Waals surface area contributed by atoms with Crippen LogP contribution in [0.25, 0.3) is 0 Å². The Morgan fingerprint density at radius 1 is 1.06 bits per heavy atom. The van der Waals surface area contributed by atoms with Gasteiger partial charge in [-0.05, 0) is 43.9 Å². The molecule has 0 radical (unpaired) electrons. The molecule has 0 bridgehead atoms. The predicted octanol–water partition coefficient (Wildman–Crippen LogP) is 3.78. The maximum Gasteiger partial charge on any atom is 0.0800 e. The summed E-state index contributed by atoms with van der Waals surface area (Å²) in [5, 5.41) is 0. The van der Waals surface area contributed by atoms with Gasteiger partial charge in [0.2, 0.25) is 0 Å². The maximum absolute atomic E-state index is 5.95. The molecule has 0 saturated heterocycles. The third-order valence-corrected chi connectivity index (χ3v) is 2.65. The molecule has 2 atom stereocenters. The minimum atomic E-state index is 0.134. The first kappa shape index (κ1) is 13.0. The highest BCUT2D eigenvalue weighted by molar-refractivity contribution is 5.39. The van der Waals surface area contributed by atoms with Crippen molar-refractivity contribution in [2.24, 2.45) is 5.92 Å². The van der Waals surface area contributed by atoms with Crippen LogP contribution >= 0.6 is 0 Å². The lowest BCUT2D eigenvalue weighted by atomic mass is 10.1. The number of nitrogens with two attached hydrogens (primary N) is 1. The Balaban J connectivity index is 2.51. The second kappa shape index (κ2) is 5.90. The van der Waals surface area contributed by atoms with E-state index in [2.05, 4.69) is 27.7 Å². The molecular formula is C14H23NO. The van der Waals surface area contributed by atoms with Crippen LogP contribution in [0.2, 0.25) is 0 Å². The van der Waals surface area contributed by atoms with Gasteiger partial charge in [0.1, 0.15) is 0 Å². The minimum absolute atomic E-state index is 0.134. The fourth-order valence-corrected chi connectivity index (χ4v) is 1.91. The summed E-state index contributed by atoms with van der Waals surface area (Å²) in [6, 6.07) is 7.90. The first-order valence-electron chi connectivity index (χ1n) is 6.00. The number of ether oxygens (including phenoxy) is 1. The SMILES string of the molecule is CC(C)CC(C)OC(C)c1ccc(N)cc1. The molecular weight excluding hydrogens is 198 g/mol. The molecule has 0 spiro atoms. The van der Waals surface area contributed by atoms with Gasteiger partial charge in [0.15, 0.2) is 0 Å². The topological polar surface area (TPSA) is 35.2 Å². The highest BCUT2D eigenvalue weighted by atomic mass is 16.5. The van der Waals surface area contributed by atoms with Crippen LogP contribution in [-0.2, 0) is 4.74 Å². The van der Waals surface area contributed by atoms with Crippen molar-refractivity contribution in [3.05, 3.63) is 29.8 Å². The number of hydrogen-bond donors (Lipinski definition) is 1. The van der Waals surface area contributed by atoms with Gasteiger partial charge in [0, 0.05) is 5.69 Å². The Bertz CT molecular complexity index is 305. The van der Waals surface area contributed by atoms with Gasteiger partial charge >= 0.3 is 0 Å². The summed E-state index contributed by atoms with van der Waals surface area (Å²) in [6.07, 6.45) is 1.53. The van der Waals surface area contributed by atoms with Gasteiger partial charge in [-0.2, -0.15) is 0 Å². The Kier molecular flexibility index (Phi) is 4.81. The Labute approximate surface area is 98.8 Å². The predicted molar refractivity (Wildman–Crippen MR) is 69.3 cm³/mol. The summed E-state index contributed by atoms with van der Waals surface area (Å²) in [5.41, 5.74) is 7.64. The highest BCUT2D eigenvalue weighted by Crippen LogP contribution is 2.21. The third kappa shape index (κ3) is 4.23. The van der Waals surface area contributed by atoms with Crippen molar-refractivity contribution in [3.8, 4) is 0 Å². The van der Waals surface area contributed by atoms with Crippen LogP contribution in [0.5, 0.6) is 0 Å². The Morgan fingerprint density at radius 2 is 1.62 bits per heavy atom. The van der Waals surface area contributed by atoms with Crippen LogP contribution < -0.4 is 5.73 Å². The monoisotopic (exact) mass is 221 g/mol. The number of nitrogen functional groups attached to an aromatic ring is 1. The molecule has 0 aliphatic carbocycles. The smallest absolute Gasteiger partial charge is 0.0800 e. The molecule has 0 saturated carbocycles. The molecule has 1 aromatic carbocycles. The summed E-state index contributed by atoms with van der Waals surface area (Å²) in [7, 11) is 0. The molecule has 0 fully saturated rings. The number of rotatable bonds is 5. The van der Waals surface area contributed by atoms with E-state index in [1.807, 2.05) is 24.3 Å². The summed E-state index contributed by atoms with van der Waals surface area (Å²) in [4.78, 5) is 0. The van der Waals surface area contributed by atoms with Gasteiger partial charge < -0.3 is 10.5 Å². The summed E-state index contributed by atoms with van der Waals surface area (Å²) in [5.74, 6) is 0.675. The summed E-state index contributed by atoms with van der Waals surface area (Å²) < 4.78 is 5.95. The number of hydrogen-bond acceptors (Lipinski definition) is 2. The average molecular weight is 221 g/mol. The van der Waals surface area contributed by atoms with Crippen LogP contribution in [0.15, 0.2) is 24.3 Å². The molecule has 2 heteroatoms. The molecule has 0 amide bonds. The van der Waals surface area contributed by atoms with Gasteiger partial charge in [-0.1, -0.05) is 26.0 Å². The second-order valence-electron chi connectivity index (χ2n) is 4.89. The zero-order valence-electron chi connectivity index (χ0n) is 10.7. The van der Waals surface area contributed by atoms with Gasteiger partial charge in [-0.15, -0.1) is 0 Å². The Morgan fingerprint density at radius 3 is 2.12 bits per heavy atom. The summed E-state index contributed by atoms with van der Waals surface area (Å²) in [6.45, 7) is 8.65. The Hall–Kier alpha value is -1.02. The number of anilines is 1. The zero-order chi connectivity index (χ0) is 12.1. The third-order valence-electron chi connectivity index (χ3n) is 2.65. The minimum Gasteiger partial charge on any atom is -0.399 e. The van der Waals surface area contributed by atoms with E-state index in [-0.39, 0.29) is 6.10 Å². The summed E-state index contributed by atoms with van der Waals surface area (Å²) >= 11 is 0. The van der Waals surface area contributed by atoms with E-state index in [4.69, 9.17) is 10.5 Å². The second-order valence-corrected chi connectivity index (χ2v) is 4.89. The van der Waals surface area contributed by atoms with E-state index < -0.39 is 0 Å². The zero-order valence-corrected chi connectivity index (χ0v) is 10.7. The van der Waals surface area contributed by atoms with Gasteiger partial charge in [0.05, 0.1) is 12.2 Å². The fourth-order valence-electron chi connectivity index (χ4n) is 1.91. The van der Waals surface area contributed by atoms with E-state index >= 15 is 0 Å². The molecule has 16 heavy (non-hydrogen) atoms. The normalized spacial score (nSPS) is 15.1. The van der Waals surface area contributed by atoms with Crippen LogP contribution in [-0.4, -0.2) is 6.10 Å². The lowest BCUT2D eigenvalue weighted by Crippen LogP contribution is -2.14. The van der Waals surface area contributed by atoms with Gasteiger partial charge in [-0.25, -0.2) is 0 Å². The quantitative estimate of drug-likeness (QED) is 0.768. The van der Waals surface area contributed by atoms with Gasteiger partial charge in [-0.3, -0.25) is 0 Å². The van der Waals surface area contributed by atoms with Crippen molar-refractivity contribution in [3.63, 3.8) is 0 Å². The molecule has 90 valence electrons. The van der Waals surface area contributed by atoms with Crippen LogP contribution in [0.4, 0.5) is 5.69 Å². The molecule has 1 rings (SSSR count). The first-order chi connectivity index (χ1) is 7.49. The lowest BCUT2D eigenvalue weighted by molar-refractivity contribution is -0.00320. The van der Waals surface area contributed by atoms with Crippen molar-refractivity contribution in [1.29, 1.82) is 0 Å². The van der Waals surface area contributed by atoms with Crippen molar-refractivity contribution in [2.45, 2.75) is 46.3 Å². The van der Waals surface area contributed by atoms with Crippen LogP contribution in [0.3, 0.4) is 0 Å². The maximum atomic E-state index is 5.95. The standard InChI is InChI=1S/C14H23NO/c1-10(2)9-11(3)16-12(4)13-5-7-14(15)8-6-13/h5-8,10-12H,9,15H2,1-4H3. The van der Waals surface area contributed by atoms with E-state index in [1.54, 1.807) is 0 Å². The number of benzene rings is 1. The van der Waals surface area contributed by atoms with Gasteiger partial charge in [0.25, 0.3) is 0 Å². The van der Waals surface area contributed by atoms with E-state index in [9.17, 15) is 0 Å². The van der Waals surface area contributed by atoms with Crippen molar-refractivity contribution in [2.75, 3.05) is 5.73 Å². The van der Waals surface area contributed by atoms with E-state index in [1.165, 1.54) is 5.56 Å². The highest BCUT2D eigenvalue weighted by Gasteiger charge is 2.11. The van der Waals surface area contributed by atoms with Crippen LogP contribution in [0.1, 0.15) is 45.8 Å². The molecule has 0 aromatic heterocycles.